The molecule has 26 heavy (non-hydrogen) atoms. The average molecular weight is 378 g/mol. The monoisotopic (exact) mass is 378 g/mol. The fourth-order valence-electron chi connectivity index (χ4n) is 2.92. The lowest BCUT2D eigenvalue weighted by molar-refractivity contribution is 0.0874. The van der Waals surface area contributed by atoms with Crippen molar-refractivity contribution < 1.29 is 22.4 Å². The Morgan fingerprint density at radius 2 is 1.85 bits per heavy atom. The molecule has 1 aliphatic heterocycles. The number of ketones is 1. The van der Waals surface area contributed by atoms with Gasteiger partial charge in [0.1, 0.15) is 10.6 Å². The molecule has 0 N–H and O–H groups in total. The van der Waals surface area contributed by atoms with Gasteiger partial charge in [0, 0.05) is 26.2 Å². The maximum Gasteiger partial charge on any atom is 0.246 e. The first-order chi connectivity index (χ1) is 12.5. The highest BCUT2D eigenvalue weighted by Gasteiger charge is 2.31. The second-order valence-corrected chi connectivity index (χ2v) is 7.87. The Bertz CT molecular complexity index is 840. The topological polar surface area (TPSA) is 80.1 Å². The Kier molecular flexibility index (Phi) is 5.75. The number of benzene rings is 1. The van der Waals surface area contributed by atoms with Crippen LogP contribution < -0.4 is 4.74 Å². The number of furan rings is 1. The van der Waals surface area contributed by atoms with Crippen LogP contribution in [0.5, 0.6) is 5.75 Å². The van der Waals surface area contributed by atoms with E-state index in [0.29, 0.717) is 44.3 Å². The Labute approximate surface area is 153 Å². The van der Waals surface area contributed by atoms with Crippen molar-refractivity contribution in [3.8, 4) is 5.75 Å². The molecule has 1 fully saturated rings. The summed E-state index contributed by atoms with van der Waals surface area (Å²) >= 11 is 0. The molecule has 0 aliphatic carbocycles. The van der Waals surface area contributed by atoms with Gasteiger partial charge in [-0.05, 0) is 31.2 Å². The van der Waals surface area contributed by atoms with Crippen molar-refractivity contribution >= 4 is 15.8 Å². The van der Waals surface area contributed by atoms with Gasteiger partial charge in [-0.1, -0.05) is 12.1 Å². The van der Waals surface area contributed by atoms with Crippen LogP contribution >= 0.6 is 0 Å². The fraction of sp³-hybridized carbons (Fsp3) is 0.389. The highest BCUT2D eigenvalue weighted by atomic mass is 32.2. The first-order valence-electron chi connectivity index (χ1n) is 8.53. The van der Waals surface area contributed by atoms with Crippen LogP contribution in [0.1, 0.15) is 17.5 Å². The molecule has 0 atom stereocenters. The minimum Gasteiger partial charge on any atom is -0.492 e. The van der Waals surface area contributed by atoms with E-state index in [1.54, 1.807) is 36.4 Å². The largest absolute Gasteiger partial charge is 0.492 e. The normalized spacial score (nSPS) is 16.5. The minimum absolute atomic E-state index is 0.104. The van der Waals surface area contributed by atoms with E-state index in [1.165, 1.54) is 10.6 Å². The van der Waals surface area contributed by atoms with E-state index in [0.717, 1.165) is 0 Å². The molecule has 8 heteroatoms. The molecule has 0 saturated carbocycles. The number of carbonyl (C=O) groups excluding carboxylic acids is 1. The number of hydrogen-bond acceptors (Lipinski definition) is 6. The van der Waals surface area contributed by atoms with Crippen molar-refractivity contribution in [1.29, 1.82) is 0 Å². The van der Waals surface area contributed by atoms with E-state index in [2.05, 4.69) is 0 Å². The van der Waals surface area contributed by atoms with Crippen LogP contribution in [0.25, 0.3) is 0 Å². The molecule has 1 aliphatic rings. The van der Waals surface area contributed by atoms with Crippen molar-refractivity contribution in [1.82, 2.24) is 9.21 Å². The highest BCUT2D eigenvalue weighted by Crippen LogP contribution is 2.27. The zero-order chi connectivity index (χ0) is 18.6. The Hall–Kier alpha value is -2.16. The van der Waals surface area contributed by atoms with Gasteiger partial charge in [-0.25, -0.2) is 8.42 Å². The molecule has 140 valence electrons. The maximum atomic E-state index is 12.9. The van der Waals surface area contributed by atoms with E-state index in [-0.39, 0.29) is 17.2 Å². The van der Waals surface area contributed by atoms with Gasteiger partial charge in [-0.2, -0.15) is 4.31 Å². The Morgan fingerprint density at radius 1 is 1.12 bits per heavy atom. The van der Waals surface area contributed by atoms with E-state index < -0.39 is 10.0 Å². The molecule has 2 aromatic rings. The summed E-state index contributed by atoms with van der Waals surface area (Å²) in [5.74, 6) is 0.587. The van der Waals surface area contributed by atoms with Gasteiger partial charge < -0.3 is 9.15 Å². The Balaban J connectivity index is 1.65. The van der Waals surface area contributed by atoms with Crippen LogP contribution in [0.15, 0.2) is 52.0 Å². The van der Waals surface area contributed by atoms with Crippen molar-refractivity contribution in [2.75, 3.05) is 39.3 Å². The average Bonchev–Trinajstić information content (AvgIpc) is 3.18. The smallest absolute Gasteiger partial charge is 0.246 e. The van der Waals surface area contributed by atoms with Crippen LogP contribution in [-0.2, 0) is 10.0 Å². The van der Waals surface area contributed by atoms with E-state index in [1.807, 2.05) is 11.8 Å². The molecule has 7 nitrogen and oxygen atoms in total. The lowest BCUT2D eigenvalue weighted by atomic mass is 10.2. The maximum absolute atomic E-state index is 12.9. The minimum atomic E-state index is -3.63. The number of carbonyl (C=O) groups is 1. The number of rotatable bonds is 7. The summed E-state index contributed by atoms with van der Waals surface area (Å²) in [4.78, 5) is 14.2. The molecule has 0 unspecified atom stereocenters. The molecule has 1 saturated heterocycles. The number of para-hydroxylation sites is 1. The van der Waals surface area contributed by atoms with Gasteiger partial charge in [-0.15, -0.1) is 0 Å². The summed E-state index contributed by atoms with van der Waals surface area (Å²) in [6, 6.07) is 9.97. The Morgan fingerprint density at radius 3 is 2.50 bits per heavy atom. The van der Waals surface area contributed by atoms with Gasteiger partial charge in [0.05, 0.1) is 19.4 Å². The van der Waals surface area contributed by atoms with E-state index in [9.17, 15) is 13.2 Å². The number of Topliss-reactive ketones (excluding diaryl/α,β-unsaturated/α-hetero) is 1. The van der Waals surface area contributed by atoms with Crippen molar-refractivity contribution in [2.45, 2.75) is 11.8 Å². The number of nitrogens with zero attached hydrogens (tertiary/aromatic N) is 2. The summed E-state index contributed by atoms with van der Waals surface area (Å²) in [7, 11) is -3.63. The first kappa shape index (κ1) is 18.6. The predicted octanol–water partition coefficient (Wildman–Crippen LogP) is 1.87. The van der Waals surface area contributed by atoms with Crippen molar-refractivity contribution in [3.63, 3.8) is 0 Å². The molecule has 0 amide bonds. The van der Waals surface area contributed by atoms with Crippen LogP contribution in [-0.4, -0.2) is 62.7 Å². The fourth-order valence-corrected chi connectivity index (χ4v) is 4.48. The van der Waals surface area contributed by atoms with Gasteiger partial charge in [-0.3, -0.25) is 9.69 Å². The van der Waals surface area contributed by atoms with Gasteiger partial charge in [0.2, 0.25) is 15.8 Å². The second kappa shape index (κ2) is 8.03. The third kappa shape index (κ3) is 3.98. The zero-order valence-corrected chi connectivity index (χ0v) is 15.4. The summed E-state index contributed by atoms with van der Waals surface area (Å²) in [6.45, 7) is 4.07. The zero-order valence-electron chi connectivity index (χ0n) is 14.6. The number of piperazine rings is 1. The molecule has 0 bridgehead atoms. The third-order valence-electron chi connectivity index (χ3n) is 4.26. The first-order valence-corrected chi connectivity index (χ1v) is 9.97. The van der Waals surface area contributed by atoms with E-state index in [4.69, 9.17) is 9.15 Å². The second-order valence-electron chi connectivity index (χ2n) is 5.96. The van der Waals surface area contributed by atoms with Crippen molar-refractivity contribution in [2.24, 2.45) is 0 Å². The molecule has 3 rings (SSSR count). The molecular weight excluding hydrogens is 356 g/mol. The summed E-state index contributed by atoms with van der Waals surface area (Å²) in [5.41, 5.74) is 0. The van der Waals surface area contributed by atoms with Gasteiger partial charge in [0.25, 0.3) is 0 Å². The predicted molar refractivity (Wildman–Crippen MR) is 95.8 cm³/mol. The molecule has 2 heterocycles. The van der Waals surface area contributed by atoms with Crippen LogP contribution in [0.3, 0.4) is 0 Å². The molecular formula is C18H22N2O5S. The molecule has 1 aromatic heterocycles. The van der Waals surface area contributed by atoms with Crippen LogP contribution in [0, 0.1) is 0 Å². The molecule has 0 radical (unpaired) electrons. The number of hydrogen-bond donors (Lipinski definition) is 0. The van der Waals surface area contributed by atoms with Crippen molar-refractivity contribution in [3.05, 3.63) is 48.4 Å². The number of ether oxygens (including phenoxy) is 1. The number of sulfonamides is 1. The standard InChI is InChI=1S/C18H22N2O5S/c1-2-24-17-6-3-4-8-18(17)26(22,23)20-11-9-19(10-12-20)14-15(21)16-7-5-13-25-16/h3-8,13H,2,9-12,14H2,1H3. The molecule has 1 aromatic carbocycles. The molecule has 0 spiro atoms. The lowest BCUT2D eigenvalue weighted by Gasteiger charge is -2.33. The van der Waals surface area contributed by atoms with Gasteiger partial charge >= 0.3 is 0 Å². The highest BCUT2D eigenvalue weighted by molar-refractivity contribution is 7.89. The summed E-state index contributed by atoms with van der Waals surface area (Å²) < 4.78 is 37.9. The third-order valence-corrected chi connectivity index (χ3v) is 6.20. The van der Waals surface area contributed by atoms with Crippen LogP contribution in [0.4, 0.5) is 0 Å². The summed E-state index contributed by atoms with van der Waals surface area (Å²) in [6.07, 6.45) is 1.47. The van der Waals surface area contributed by atoms with E-state index >= 15 is 0 Å². The van der Waals surface area contributed by atoms with Crippen LogP contribution in [0.2, 0.25) is 0 Å². The summed E-state index contributed by atoms with van der Waals surface area (Å²) in [5, 5.41) is 0. The van der Waals surface area contributed by atoms with Gasteiger partial charge in [0.15, 0.2) is 5.76 Å². The quantitative estimate of drug-likeness (QED) is 0.685. The SMILES string of the molecule is CCOc1ccccc1S(=O)(=O)N1CCN(CC(=O)c2ccco2)CC1. The lowest BCUT2D eigenvalue weighted by Crippen LogP contribution is -2.49.